The Hall–Kier alpha value is -0.250. The average molecular weight is 235 g/mol. The van der Waals surface area contributed by atoms with Crippen LogP contribution in [-0.4, -0.2) is 17.1 Å². The molecular formula is C10H12ClFOS. The summed E-state index contributed by atoms with van der Waals surface area (Å²) in [5.41, 5.74) is 0.284. The molecule has 1 aromatic carbocycles. The van der Waals surface area contributed by atoms with Gasteiger partial charge in [0, 0.05) is 10.6 Å². The van der Waals surface area contributed by atoms with Crippen LogP contribution in [0.3, 0.4) is 0 Å². The van der Waals surface area contributed by atoms with E-state index in [1.54, 1.807) is 11.8 Å². The molecule has 1 nitrogen and oxygen atoms in total. The summed E-state index contributed by atoms with van der Waals surface area (Å²) in [6, 6.07) is 4.23. The minimum atomic E-state index is -0.763. The maximum Gasteiger partial charge on any atom is 0.129 e. The second-order valence-corrected chi connectivity index (χ2v) is 4.39. The van der Waals surface area contributed by atoms with Crippen molar-refractivity contribution in [1.82, 2.24) is 0 Å². The SMILES string of the molecule is CSCCC(O)c1cc(Cl)ccc1F. The molecule has 0 saturated carbocycles. The maximum atomic E-state index is 13.2. The Morgan fingerprint density at radius 1 is 1.57 bits per heavy atom. The van der Waals surface area contributed by atoms with Crippen molar-refractivity contribution >= 4 is 23.4 Å². The number of aliphatic hydroxyl groups is 1. The van der Waals surface area contributed by atoms with Gasteiger partial charge >= 0.3 is 0 Å². The minimum absolute atomic E-state index is 0.284. The molecule has 0 bridgehead atoms. The van der Waals surface area contributed by atoms with E-state index in [0.717, 1.165) is 5.75 Å². The van der Waals surface area contributed by atoms with Crippen LogP contribution in [0.25, 0.3) is 0 Å². The van der Waals surface area contributed by atoms with Crippen LogP contribution in [0, 0.1) is 5.82 Å². The molecule has 1 rings (SSSR count). The summed E-state index contributed by atoms with van der Waals surface area (Å²) in [6.45, 7) is 0. The van der Waals surface area contributed by atoms with Crippen LogP contribution in [0.5, 0.6) is 0 Å². The molecule has 0 saturated heterocycles. The van der Waals surface area contributed by atoms with E-state index in [1.165, 1.54) is 18.2 Å². The second-order valence-electron chi connectivity index (χ2n) is 2.96. The fraction of sp³-hybridized carbons (Fsp3) is 0.400. The Bertz CT molecular complexity index is 306. The predicted octanol–water partition coefficient (Wildman–Crippen LogP) is 3.27. The van der Waals surface area contributed by atoms with E-state index in [-0.39, 0.29) is 5.56 Å². The smallest absolute Gasteiger partial charge is 0.129 e. The van der Waals surface area contributed by atoms with Crippen LogP contribution in [0.4, 0.5) is 4.39 Å². The summed E-state index contributed by atoms with van der Waals surface area (Å²) in [6.07, 6.45) is 1.72. The van der Waals surface area contributed by atoms with Crippen molar-refractivity contribution in [2.75, 3.05) is 12.0 Å². The highest BCUT2D eigenvalue weighted by Crippen LogP contribution is 2.24. The first-order valence-corrected chi connectivity index (χ1v) is 6.04. The fourth-order valence-electron chi connectivity index (χ4n) is 1.15. The highest BCUT2D eigenvalue weighted by Gasteiger charge is 2.12. The number of rotatable bonds is 4. The lowest BCUT2D eigenvalue weighted by Crippen LogP contribution is -2.01. The van der Waals surface area contributed by atoms with Crippen LogP contribution in [0.15, 0.2) is 18.2 Å². The monoisotopic (exact) mass is 234 g/mol. The van der Waals surface area contributed by atoms with Gasteiger partial charge in [0.15, 0.2) is 0 Å². The van der Waals surface area contributed by atoms with Gasteiger partial charge in [-0.15, -0.1) is 0 Å². The maximum absolute atomic E-state index is 13.2. The molecule has 0 fully saturated rings. The molecule has 4 heteroatoms. The summed E-state index contributed by atoms with van der Waals surface area (Å²) in [5, 5.41) is 10.1. The van der Waals surface area contributed by atoms with Crippen LogP contribution in [-0.2, 0) is 0 Å². The molecular weight excluding hydrogens is 223 g/mol. The van der Waals surface area contributed by atoms with Crippen molar-refractivity contribution in [1.29, 1.82) is 0 Å². The molecule has 1 aromatic rings. The minimum Gasteiger partial charge on any atom is -0.388 e. The molecule has 1 unspecified atom stereocenters. The van der Waals surface area contributed by atoms with Gasteiger partial charge in [0.2, 0.25) is 0 Å². The highest BCUT2D eigenvalue weighted by atomic mass is 35.5. The normalized spacial score (nSPS) is 12.9. The third kappa shape index (κ3) is 3.15. The molecule has 0 aliphatic heterocycles. The molecule has 0 aromatic heterocycles. The molecule has 0 amide bonds. The zero-order valence-corrected chi connectivity index (χ0v) is 9.41. The molecule has 78 valence electrons. The average Bonchev–Trinajstić information content (AvgIpc) is 2.18. The van der Waals surface area contributed by atoms with Crippen LogP contribution < -0.4 is 0 Å². The molecule has 0 aliphatic carbocycles. The largest absolute Gasteiger partial charge is 0.388 e. The second kappa shape index (κ2) is 5.59. The van der Waals surface area contributed by atoms with Crippen molar-refractivity contribution in [2.24, 2.45) is 0 Å². The Morgan fingerprint density at radius 3 is 2.93 bits per heavy atom. The lowest BCUT2D eigenvalue weighted by atomic mass is 10.1. The van der Waals surface area contributed by atoms with Gasteiger partial charge in [-0.3, -0.25) is 0 Å². The number of aliphatic hydroxyl groups excluding tert-OH is 1. The van der Waals surface area contributed by atoms with Gasteiger partial charge in [-0.05, 0) is 36.6 Å². The lowest BCUT2D eigenvalue weighted by molar-refractivity contribution is 0.170. The number of thioether (sulfide) groups is 1. The number of hydrogen-bond acceptors (Lipinski definition) is 2. The van der Waals surface area contributed by atoms with Gasteiger partial charge in [0.25, 0.3) is 0 Å². The van der Waals surface area contributed by atoms with Gasteiger partial charge in [-0.2, -0.15) is 11.8 Å². The lowest BCUT2D eigenvalue weighted by Gasteiger charge is -2.11. The van der Waals surface area contributed by atoms with Crippen molar-refractivity contribution < 1.29 is 9.50 Å². The standard InChI is InChI=1S/C10H12ClFOS/c1-14-5-4-10(13)8-6-7(11)2-3-9(8)12/h2-3,6,10,13H,4-5H2,1H3. The molecule has 1 N–H and O–H groups in total. The Labute approximate surface area is 92.3 Å². The van der Waals surface area contributed by atoms with E-state index in [2.05, 4.69) is 0 Å². The number of benzene rings is 1. The van der Waals surface area contributed by atoms with Crippen molar-refractivity contribution in [3.8, 4) is 0 Å². The first-order valence-electron chi connectivity index (χ1n) is 4.27. The van der Waals surface area contributed by atoms with Crippen LogP contribution >= 0.6 is 23.4 Å². The van der Waals surface area contributed by atoms with Gasteiger partial charge in [-0.25, -0.2) is 4.39 Å². The van der Waals surface area contributed by atoms with E-state index in [0.29, 0.717) is 11.4 Å². The molecule has 0 aliphatic rings. The number of halogens is 2. The summed E-state index contributed by atoms with van der Waals surface area (Å²) < 4.78 is 13.2. The molecule has 0 radical (unpaired) electrons. The van der Waals surface area contributed by atoms with Gasteiger partial charge in [0.05, 0.1) is 6.10 Å². The van der Waals surface area contributed by atoms with Gasteiger partial charge < -0.3 is 5.11 Å². The van der Waals surface area contributed by atoms with Gasteiger partial charge in [-0.1, -0.05) is 11.6 Å². The van der Waals surface area contributed by atoms with E-state index < -0.39 is 11.9 Å². The van der Waals surface area contributed by atoms with Crippen LogP contribution in [0.2, 0.25) is 5.02 Å². The Morgan fingerprint density at radius 2 is 2.29 bits per heavy atom. The Kier molecular flexibility index (Phi) is 4.72. The molecule has 0 spiro atoms. The first-order chi connectivity index (χ1) is 6.65. The van der Waals surface area contributed by atoms with Crippen molar-refractivity contribution in [3.05, 3.63) is 34.6 Å². The van der Waals surface area contributed by atoms with Crippen molar-refractivity contribution in [2.45, 2.75) is 12.5 Å². The van der Waals surface area contributed by atoms with Crippen LogP contribution in [0.1, 0.15) is 18.1 Å². The third-order valence-corrected chi connectivity index (χ3v) is 2.79. The first kappa shape index (κ1) is 11.8. The Balaban J connectivity index is 2.77. The van der Waals surface area contributed by atoms with E-state index in [9.17, 15) is 9.50 Å². The molecule has 1 atom stereocenters. The summed E-state index contributed by atoms with van der Waals surface area (Å²) in [7, 11) is 0. The zero-order chi connectivity index (χ0) is 10.6. The van der Waals surface area contributed by atoms with E-state index in [1.807, 2.05) is 6.26 Å². The van der Waals surface area contributed by atoms with Crippen molar-refractivity contribution in [3.63, 3.8) is 0 Å². The quantitative estimate of drug-likeness (QED) is 0.863. The zero-order valence-electron chi connectivity index (χ0n) is 7.84. The topological polar surface area (TPSA) is 20.2 Å². The summed E-state index contributed by atoms with van der Waals surface area (Å²) >= 11 is 7.33. The van der Waals surface area contributed by atoms with Gasteiger partial charge in [0.1, 0.15) is 5.82 Å². The summed E-state index contributed by atoms with van der Waals surface area (Å²) in [5.74, 6) is 0.399. The summed E-state index contributed by atoms with van der Waals surface area (Å²) in [4.78, 5) is 0. The highest BCUT2D eigenvalue weighted by molar-refractivity contribution is 7.98. The van der Waals surface area contributed by atoms with E-state index >= 15 is 0 Å². The molecule has 0 heterocycles. The third-order valence-electron chi connectivity index (χ3n) is 1.91. The molecule has 14 heavy (non-hydrogen) atoms. The predicted molar refractivity (Wildman–Crippen MR) is 59.4 cm³/mol. The number of hydrogen-bond donors (Lipinski definition) is 1. The van der Waals surface area contributed by atoms with E-state index in [4.69, 9.17) is 11.6 Å². The fourth-order valence-corrected chi connectivity index (χ4v) is 1.79.